The van der Waals surface area contributed by atoms with Crippen molar-refractivity contribution in [3.63, 3.8) is 0 Å². The van der Waals surface area contributed by atoms with Gasteiger partial charge in [-0.05, 0) is 54.4 Å². The first-order valence-corrected chi connectivity index (χ1v) is 11.7. The van der Waals surface area contributed by atoms with E-state index in [-0.39, 0.29) is 0 Å². The van der Waals surface area contributed by atoms with E-state index in [2.05, 4.69) is 51.3 Å². The molecule has 0 spiro atoms. The van der Waals surface area contributed by atoms with E-state index >= 15 is 0 Å². The summed E-state index contributed by atoms with van der Waals surface area (Å²) in [6, 6.07) is 18.8. The van der Waals surface area contributed by atoms with Crippen molar-refractivity contribution in [3.8, 4) is 22.6 Å². The Balaban J connectivity index is 1.40. The fourth-order valence-corrected chi connectivity index (χ4v) is 5.08. The van der Waals surface area contributed by atoms with E-state index in [4.69, 9.17) is 14.5 Å². The Morgan fingerprint density at radius 1 is 0.970 bits per heavy atom. The Hall–Kier alpha value is -3.71. The maximum absolute atomic E-state index is 6.11. The lowest BCUT2D eigenvalue weighted by molar-refractivity contribution is 0.331. The van der Waals surface area contributed by atoms with E-state index in [1.165, 1.54) is 15.8 Å². The van der Waals surface area contributed by atoms with Crippen molar-refractivity contribution >= 4 is 38.3 Å². The highest BCUT2D eigenvalue weighted by atomic mass is 32.1. The van der Waals surface area contributed by atoms with Crippen molar-refractivity contribution in [2.45, 2.75) is 13.5 Å². The second-order valence-electron chi connectivity index (χ2n) is 8.10. The van der Waals surface area contributed by atoms with Gasteiger partial charge in [-0.25, -0.2) is 15.0 Å². The quantitative estimate of drug-likeness (QED) is 0.353. The van der Waals surface area contributed by atoms with Crippen LogP contribution in [0, 0.1) is 6.92 Å². The third kappa shape index (κ3) is 3.64. The van der Waals surface area contributed by atoms with E-state index in [0.29, 0.717) is 13.2 Å². The number of ether oxygens (including phenoxy) is 2. The van der Waals surface area contributed by atoms with Crippen LogP contribution >= 0.6 is 11.3 Å². The van der Waals surface area contributed by atoms with Crippen molar-refractivity contribution < 1.29 is 9.47 Å². The van der Waals surface area contributed by atoms with Crippen LogP contribution in [0.25, 0.3) is 32.2 Å². The molecule has 0 unspecified atom stereocenters. The molecule has 0 bridgehead atoms. The zero-order chi connectivity index (χ0) is 22.4. The lowest BCUT2D eigenvalue weighted by Crippen LogP contribution is -2.26. The molecule has 3 aromatic carbocycles. The van der Waals surface area contributed by atoms with Crippen LogP contribution < -0.4 is 14.4 Å². The Bertz CT molecular complexity index is 1500. The summed E-state index contributed by atoms with van der Waals surface area (Å²) in [6.07, 6.45) is 0. The lowest BCUT2D eigenvalue weighted by Gasteiger charge is -2.23. The van der Waals surface area contributed by atoms with Crippen LogP contribution in [0.2, 0.25) is 0 Å². The van der Waals surface area contributed by atoms with Gasteiger partial charge in [-0.1, -0.05) is 12.1 Å². The topological polar surface area (TPSA) is 60.4 Å². The lowest BCUT2D eigenvalue weighted by atomic mass is 10.0. The largest absolute Gasteiger partial charge is 0.497 e. The molecule has 0 N–H and O–H groups in total. The first kappa shape index (κ1) is 19.9. The Morgan fingerprint density at radius 3 is 2.76 bits per heavy atom. The summed E-state index contributed by atoms with van der Waals surface area (Å²) < 4.78 is 12.7. The maximum Gasteiger partial charge on any atom is 0.140 e. The molecule has 2 aromatic heterocycles. The number of aryl methyl sites for hydroxylation is 1. The van der Waals surface area contributed by atoms with Gasteiger partial charge in [0.05, 0.1) is 34.9 Å². The summed E-state index contributed by atoms with van der Waals surface area (Å²) in [5.74, 6) is 3.38. The van der Waals surface area contributed by atoms with Crippen LogP contribution in [0.5, 0.6) is 11.5 Å². The maximum atomic E-state index is 6.11. The zero-order valence-corrected chi connectivity index (χ0v) is 19.2. The molecular weight excluding hydrogens is 432 g/mol. The van der Waals surface area contributed by atoms with Crippen LogP contribution in [0.15, 0.2) is 60.1 Å². The molecule has 0 saturated heterocycles. The van der Waals surface area contributed by atoms with Gasteiger partial charge in [0.1, 0.15) is 29.7 Å². The predicted octanol–water partition coefficient (Wildman–Crippen LogP) is 5.62. The SMILES string of the molecule is COc1ccc2c(N3CCOc4ccc(-c5ccc6ncsc6c5)cc4C3)nc(C)nc2c1. The standard InChI is InChI=1S/C26H22N4O2S/c1-16-28-23-13-20(31-2)5-6-21(23)26(29-16)30-9-10-32-24-8-4-17(11-19(24)14-30)18-3-7-22-25(12-18)33-15-27-22/h3-8,11-13,15H,9-10,14H2,1-2H3. The monoisotopic (exact) mass is 454 g/mol. The molecule has 0 atom stereocenters. The van der Waals surface area contributed by atoms with E-state index in [0.717, 1.165) is 51.7 Å². The van der Waals surface area contributed by atoms with Crippen molar-refractivity contribution in [1.82, 2.24) is 15.0 Å². The molecule has 33 heavy (non-hydrogen) atoms. The molecule has 0 saturated carbocycles. The molecule has 1 aliphatic rings. The molecule has 0 aliphatic carbocycles. The molecule has 0 fully saturated rings. The number of aromatic nitrogens is 3. The zero-order valence-electron chi connectivity index (χ0n) is 18.4. The van der Waals surface area contributed by atoms with Gasteiger partial charge >= 0.3 is 0 Å². The second-order valence-corrected chi connectivity index (χ2v) is 8.99. The number of anilines is 1. The second kappa shape index (κ2) is 8.01. The fourth-order valence-electron chi connectivity index (χ4n) is 4.36. The summed E-state index contributed by atoms with van der Waals surface area (Å²) in [6.45, 7) is 3.98. The van der Waals surface area contributed by atoms with Gasteiger partial charge in [-0.15, -0.1) is 11.3 Å². The van der Waals surface area contributed by atoms with Gasteiger partial charge in [-0.3, -0.25) is 0 Å². The molecule has 1 aliphatic heterocycles. The molecule has 164 valence electrons. The number of thiazole rings is 1. The molecule has 3 heterocycles. The molecule has 7 heteroatoms. The van der Waals surface area contributed by atoms with Crippen molar-refractivity contribution in [2.24, 2.45) is 0 Å². The van der Waals surface area contributed by atoms with Crippen molar-refractivity contribution in [3.05, 3.63) is 71.5 Å². The van der Waals surface area contributed by atoms with Crippen LogP contribution in [-0.2, 0) is 6.54 Å². The van der Waals surface area contributed by atoms with Gasteiger partial charge in [0, 0.05) is 23.6 Å². The van der Waals surface area contributed by atoms with Crippen LogP contribution in [0.4, 0.5) is 5.82 Å². The van der Waals surface area contributed by atoms with Crippen molar-refractivity contribution in [1.29, 1.82) is 0 Å². The summed E-state index contributed by atoms with van der Waals surface area (Å²) in [5.41, 5.74) is 7.31. The molecule has 5 aromatic rings. The summed E-state index contributed by atoms with van der Waals surface area (Å²) in [7, 11) is 1.67. The van der Waals surface area contributed by atoms with Gasteiger partial charge in [-0.2, -0.15) is 0 Å². The highest BCUT2D eigenvalue weighted by molar-refractivity contribution is 7.16. The number of hydrogen-bond acceptors (Lipinski definition) is 7. The number of hydrogen-bond donors (Lipinski definition) is 0. The number of benzene rings is 3. The minimum Gasteiger partial charge on any atom is -0.497 e. The van der Waals surface area contributed by atoms with Gasteiger partial charge in [0.25, 0.3) is 0 Å². The number of rotatable bonds is 3. The average molecular weight is 455 g/mol. The van der Waals surface area contributed by atoms with E-state index in [9.17, 15) is 0 Å². The first-order chi connectivity index (χ1) is 16.2. The Labute approximate surface area is 195 Å². The van der Waals surface area contributed by atoms with Crippen molar-refractivity contribution in [2.75, 3.05) is 25.2 Å². The number of methoxy groups -OCH3 is 1. The summed E-state index contributed by atoms with van der Waals surface area (Å²) >= 11 is 1.66. The first-order valence-electron chi connectivity index (χ1n) is 10.8. The van der Waals surface area contributed by atoms with Crippen LogP contribution in [0.1, 0.15) is 11.4 Å². The fraction of sp³-hybridized carbons (Fsp3) is 0.192. The average Bonchev–Trinajstić information content (AvgIpc) is 3.20. The van der Waals surface area contributed by atoms with E-state index in [1.54, 1.807) is 18.4 Å². The summed E-state index contributed by atoms with van der Waals surface area (Å²) in [4.78, 5) is 16.1. The van der Waals surface area contributed by atoms with E-state index < -0.39 is 0 Å². The van der Waals surface area contributed by atoms with Gasteiger partial charge in [0.2, 0.25) is 0 Å². The van der Waals surface area contributed by atoms with Gasteiger partial charge in [0.15, 0.2) is 0 Å². The molecule has 6 rings (SSSR count). The minimum absolute atomic E-state index is 0.597. The highest BCUT2D eigenvalue weighted by Gasteiger charge is 2.20. The van der Waals surface area contributed by atoms with Crippen LogP contribution in [0.3, 0.4) is 0 Å². The molecular formula is C26H22N4O2S. The van der Waals surface area contributed by atoms with Gasteiger partial charge < -0.3 is 14.4 Å². The normalized spacial score (nSPS) is 13.6. The predicted molar refractivity (Wildman–Crippen MR) is 132 cm³/mol. The highest BCUT2D eigenvalue weighted by Crippen LogP contribution is 2.34. The molecule has 6 nitrogen and oxygen atoms in total. The Morgan fingerprint density at radius 2 is 1.85 bits per heavy atom. The van der Waals surface area contributed by atoms with E-state index in [1.807, 2.05) is 30.6 Å². The third-order valence-corrected chi connectivity index (χ3v) is 6.79. The molecule has 0 amide bonds. The summed E-state index contributed by atoms with van der Waals surface area (Å²) in [5, 5.41) is 1.01. The smallest absolute Gasteiger partial charge is 0.140 e. The number of nitrogens with zero attached hydrogens (tertiary/aromatic N) is 4. The van der Waals surface area contributed by atoms with Crippen LogP contribution in [-0.4, -0.2) is 35.2 Å². The number of fused-ring (bicyclic) bond motifs is 3. The molecule has 0 radical (unpaired) electrons. The Kier molecular flexibility index (Phi) is 4.84. The third-order valence-electron chi connectivity index (χ3n) is 6.00. The minimum atomic E-state index is 0.597.